The molecular formula is C14H12FN3OS. The molecule has 102 valence electrons. The molecule has 0 saturated heterocycles. The highest BCUT2D eigenvalue weighted by Crippen LogP contribution is 2.21. The summed E-state index contributed by atoms with van der Waals surface area (Å²) in [6.45, 7) is 2.16. The van der Waals surface area contributed by atoms with E-state index in [1.54, 1.807) is 6.07 Å². The van der Waals surface area contributed by atoms with Gasteiger partial charge in [-0.1, -0.05) is 11.8 Å². The van der Waals surface area contributed by atoms with Crippen molar-refractivity contribution in [2.75, 3.05) is 11.9 Å². The Morgan fingerprint density at radius 1 is 1.55 bits per heavy atom. The number of nitrogens with zero attached hydrogens (tertiary/aromatic N) is 1. The van der Waals surface area contributed by atoms with Crippen LogP contribution in [0.5, 0.6) is 0 Å². The lowest BCUT2D eigenvalue weighted by atomic mass is 10.2. The Bertz CT molecular complexity index is 683. The lowest BCUT2D eigenvalue weighted by Crippen LogP contribution is -2.11. The molecule has 0 aliphatic rings. The lowest BCUT2D eigenvalue weighted by molar-refractivity contribution is 0.103. The van der Waals surface area contributed by atoms with Gasteiger partial charge in [-0.15, -0.1) is 11.3 Å². The van der Waals surface area contributed by atoms with Gasteiger partial charge >= 0.3 is 0 Å². The molecule has 20 heavy (non-hydrogen) atoms. The molecule has 2 aromatic heterocycles. The van der Waals surface area contributed by atoms with Gasteiger partial charge in [-0.05, 0) is 30.7 Å². The van der Waals surface area contributed by atoms with Crippen molar-refractivity contribution < 1.29 is 9.18 Å². The first-order valence-electron chi connectivity index (χ1n) is 5.82. The number of nitrogens with two attached hydrogens (primary N) is 1. The van der Waals surface area contributed by atoms with Gasteiger partial charge in [-0.3, -0.25) is 4.79 Å². The summed E-state index contributed by atoms with van der Waals surface area (Å²) >= 11 is 1.29. The second-order valence-electron chi connectivity index (χ2n) is 3.94. The second kappa shape index (κ2) is 6.28. The van der Waals surface area contributed by atoms with Gasteiger partial charge in [-0.25, -0.2) is 9.37 Å². The normalized spacial score (nSPS) is 9.75. The number of pyridine rings is 1. The van der Waals surface area contributed by atoms with Crippen molar-refractivity contribution in [3.05, 3.63) is 45.5 Å². The van der Waals surface area contributed by atoms with Crippen molar-refractivity contribution in [1.29, 1.82) is 0 Å². The van der Waals surface area contributed by atoms with Gasteiger partial charge in [0.15, 0.2) is 0 Å². The smallest absolute Gasteiger partial charge is 0.266 e. The number of hydrogen-bond acceptors (Lipinski definition) is 4. The maximum Gasteiger partial charge on any atom is 0.266 e. The molecule has 0 radical (unpaired) electrons. The van der Waals surface area contributed by atoms with Gasteiger partial charge in [0, 0.05) is 0 Å². The number of carbonyl (C=O) groups excluding carboxylic acids is 1. The van der Waals surface area contributed by atoms with E-state index in [0.717, 1.165) is 16.6 Å². The van der Waals surface area contributed by atoms with Crippen molar-refractivity contribution in [2.24, 2.45) is 5.73 Å². The molecule has 0 spiro atoms. The summed E-state index contributed by atoms with van der Waals surface area (Å²) in [6, 6.07) is 4.40. The minimum Gasteiger partial charge on any atom is -0.320 e. The average Bonchev–Trinajstić information content (AvgIpc) is 2.80. The first kappa shape index (κ1) is 14.2. The van der Waals surface area contributed by atoms with Crippen LogP contribution >= 0.6 is 11.3 Å². The summed E-state index contributed by atoms with van der Waals surface area (Å²) in [6.07, 6.45) is 1.05. The predicted molar refractivity (Wildman–Crippen MR) is 77.1 cm³/mol. The fourth-order valence-electron chi connectivity index (χ4n) is 1.48. The van der Waals surface area contributed by atoms with Crippen LogP contribution in [0.3, 0.4) is 0 Å². The Balaban J connectivity index is 2.15. The molecule has 6 heteroatoms. The molecule has 2 heterocycles. The SMILES string of the molecule is Cc1cc(C(=O)Nc2ccc(F)cn2)sc1C#CCN. The van der Waals surface area contributed by atoms with E-state index in [-0.39, 0.29) is 12.5 Å². The molecule has 0 aliphatic carbocycles. The molecule has 4 nitrogen and oxygen atoms in total. The van der Waals surface area contributed by atoms with Crippen molar-refractivity contribution in [1.82, 2.24) is 4.98 Å². The van der Waals surface area contributed by atoms with Crippen molar-refractivity contribution in [3.63, 3.8) is 0 Å². The molecule has 3 N–H and O–H groups in total. The van der Waals surface area contributed by atoms with Gasteiger partial charge in [0.1, 0.15) is 11.6 Å². The molecule has 2 rings (SSSR count). The molecule has 0 aliphatic heterocycles. The highest BCUT2D eigenvalue weighted by Gasteiger charge is 2.12. The Kier molecular flexibility index (Phi) is 4.45. The number of thiophene rings is 1. The third-order valence-electron chi connectivity index (χ3n) is 2.41. The number of amides is 1. The van der Waals surface area contributed by atoms with Crippen molar-refractivity contribution in [3.8, 4) is 11.8 Å². The van der Waals surface area contributed by atoms with E-state index in [2.05, 4.69) is 22.1 Å². The molecular weight excluding hydrogens is 277 g/mol. The van der Waals surface area contributed by atoms with Crippen LogP contribution in [0.2, 0.25) is 0 Å². The monoisotopic (exact) mass is 289 g/mol. The van der Waals surface area contributed by atoms with Crippen LogP contribution in [0.1, 0.15) is 20.1 Å². The van der Waals surface area contributed by atoms with Crippen LogP contribution < -0.4 is 11.1 Å². The largest absolute Gasteiger partial charge is 0.320 e. The first-order valence-corrected chi connectivity index (χ1v) is 6.64. The fraction of sp³-hybridized carbons (Fsp3) is 0.143. The zero-order chi connectivity index (χ0) is 14.5. The molecule has 0 aromatic carbocycles. The zero-order valence-corrected chi connectivity index (χ0v) is 11.6. The van der Waals surface area contributed by atoms with E-state index in [1.807, 2.05) is 6.92 Å². The first-order chi connectivity index (χ1) is 9.60. The van der Waals surface area contributed by atoms with Gasteiger partial charge < -0.3 is 11.1 Å². The van der Waals surface area contributed by atoms with Crippen molar-refractivity contribution >= 4 is 23.1 Å². The summed E-state index contributed by atoms with van der Waals surface area (Å²) in [4.78, 5) is 17.1. The number of anilines is 1. The molecule has 0 atom stereocenters. The minimum atomic E-state index is -0.450. The van der Waals surface area contributed by atoms with Gasteiger partial charge in [-0.2, -0.15) is 0 Å². The van der Waals surface area contributed by atoms with Crippen molar-refractivity contribution in [2.45, 2.75) is 6.92 Å². The summed E-state index contributed by atoms with van der Waals surface area (Å²) in [5.74, 6) is 5.23. The maximum absolute atomic E-state index is 12.7. The molecule has 0 saturated carbocycles. The summed E-state index contributed by atoms with van der Waals surface area (Å²) < 4.78 is 12.7. The molecule has 1 amide bonds. The van der Waals surface area contributed by atoms with Crippen LogP contribution in [0.4, 0.5) is 10.2 Å². The lowest BCUT2D eigenvalue weighted by Gasteiger charge is -2.01. The van der Waals surface area contributed by atoms with Crippen LogP contribution in [0.15, 0.2) is 24.4 Å². The highest BCUT2D eigenvalue weighted by molar-refractivity contribution is 7.14. The van der Waals surface area contributed by atoms with E-state index < -0.39 is 5.82 Å². The van der Waals surface area contributed by atoms with Gasteiger partial charge in [0.05, 0.1) is 22.5 Å². The Morgan fingerprint density at radius 3 is 3.00 bits per heavy atom. The summed E-state index contributed by atoms with van der Waals surface area (Å²) in [7, 11) is 0. The number of nitrogens with one attached hydrogen (secondary N) is 1. The van der Waals surface area contributed by atoms with Crippen LogP contribution in [0.25, 0.3) is 0 Å². The number of halogens is 1. The molecule has 2 aromatic rings. The number of aryl methyl sites for hydroxylation is 1. The number of rotatable bonds is 2. The van der Waals surface area contributed by atoms with E-state index in [9.17, 15) is 9.18 Å². The van der Waals surface area contributed by atoms with E-state index >= 15 is 0 Å². The quantitative estimate of drug-likeness (QED) is 0.832. The minimum absolute atomic E-state index is 0.276. The third-order valence-corrected chi connectivity index (χ3v) is 3.57. The van der Waals surface area contributed by atoms with E-state index in [0.29, 0.717) is 10.7 Å². The standard InChI is InChI=1S/C14H12FN3OS/c1-9-7-12(20-11(9)3-2-6-16)14(19)18-13-5-4-10(15)8-17-13/h4-5,7-8H,6,16H2,1H3,(H,17,18,19). The zero-order valence-electron chi connectivity index (χ0n) is 10.7. The Labute approximate surface area is 119 Å². The third kappa shape index (κ3) is 3.41. The van der Waals surface area contributed by atoms with Crippen LogP contribution in [-0.4, -0.2) is 17.4 Å². The summed E-state index contributed by atoms with van der Waals surface area (Å²) in [5.41, 5.74) is 6.24. The van der Waals surface area contributed by atoms with Crippen LogP contribution in [0, 0.1) is 24.6 Å². The molecule has 0 fully saturated rings. The number of hydrogen-bond donors (Lipinski definition) is 2. The summed E-state index contributed by atoms with van der Waals surface area (Å²) in [5, 5.41) is 2.60. The van der Waals surface area contributed by atoms with E-state index in [4.69, 9.17) is 5.73 Å². The average molecular weight is 289 g/mol. The Morgan fingerprint density at radius 2 is 2.35 bits per heavy atom. The Hall–Kier alpha value is -2.23. The topological polar surface area (TPSA) is 68.0 Å². The molecule has 0 unspecified atom stereocenters. The van der Waals surface area contributed by atoms with Gasteiger partial charge in [0.25, 0.3) is 5.91 Å². The predicted octanol–water partition coefficient (Wildman–Crippen LogP) is 2.15. The fourth-order valence-corrected chi connectivity index (χ4v) is 2.42. The maximum atomic E-state index is 12.7. The molecule has 0 bridgehead atoms. The second-order valence-corrected chi connectivity index (χ2v) is 5.00. The highest BCUT2D eigenvalue weighted by atomic mass is 32.1. The number of aromatic nitrogens is 1. The van der Waals surface area contributed by atoms with Gasteiger partial charge in [0.2, 0.25) is 0 Å². The van der Waals surface area contributed by atoms with E-state index in [1.165, 1.54) is 23.5 Å². The number of carbonyl (C=O) groups is 1. The van der Waals surface area contributed by atoms with Crippen LogP contribution in [-0.2, 0) is 0 Å².